The minimum atomic E-state index is -1.14. The van der Waals surface area contributed by atoms with Gasteiger partial charge in [0.05, 0.1) is 28.6 Å². The lowest BCUT2D eigenvalue weighted by Crippen LogP contribution is -2.22. The summed E-state index contributed by atoms with van der Waals surface area (Å²) >= 11 is 0. The van der Waals surface area contributed by atoms with Crippen LogP contribution in [0.5, 0.6) is 0 Å². The van der Waals surface area contributed by atoms with E-state index in [2.05, 4.69) is 59.6 Å². The zero-order valence-electron chi connectivity index (χ0n) is 19.3. The maximum absolute atomic E-state index is 9.16. The molecule has 2 N–H and O–H groups in total. The number of aromatic nitrogens is 5. The Morgan fingerprint density at radius 1 is 1.16 bits per heavy atom. The maximum atomic E-state index is 9.16. The Kier molecular flexibility index (Phi) is 6.59. The molecule has 0 aliphatic heterocycles. The van der Waals surface area contributed by atoms with Crippen molar-refractivity contribution >= 4 is 30.6 Å². The molecule has 3 heterocycles. The molecule has 0 saturated carbocycles. The molecular formula is C23H32N6O2Si. The van der Waals surface area contributed by atoms with Gasteiger partial charge in [-0.25, -0.2) is 14.6 Å². The molecule has 4 rings (SSSR count). The molecule has 4 aromatic rings. The maximum Gasteiger partial charge on any atom is 0.181 e. The Bertz CT molecular complexity index is 1210. The van der Waals surface area contributed by atoms with Crippen LogP contribution in [0.25, 0.3) is 28.1 Å². The van der Waals surface area contributed by atoms with Crippen molar-refractivity contribution in [2.45, 2.75) is 45.8 Å². The van der Waals surface area contributed by atoms with Crippen LogP contribution in [0.3, 0.4) is 0 Å². The van der Waals surface area contributed by atoms with E-state index in [9.17, 15) is 0 Å². The van der Waals surface area contributed by atoms with Gasteiger partial charge in [0.15, 0.2) is 11.5 Å². The lowest BCUT2D eigenvalue weighted by molar-refractivity contribution is 0.0797. The molecule has 0 saturated heterocycles. The number of aryl methyl sites for hydroxylation is 1. The molecule has 170 valence electrons. The molecule has 0 aliphatic rings. The molecule has 0 fully saturated rings. The topological polar surface area (TPSA) is 89.5 Å². The van der Waals surface area contributed by atoms with Crippen molar-refractivity contribution in [1.82, 2.24) is 24.1 Å². The molecule has 3 aromatic heterocycles. The molecule has 0 unspecified atom stereocenters. The van der Waals surface area contributed by atoms with E-state index in [0.29, 0.717) is 25.5 Å². The van der Waals surface area contributed by atoms with Crippen LogP contribution in [0.4, 0.5) is 5.82 Å². The molecule has 0 spiro atoms. The molecular weight excluding hydrogens is 420 g/mol. The normalized spacial score (nSPS) is 12.2. The summed E-state index contributed by atoms with van der Waals surface area (Å²) in [4.78, 5) is 9.51. The minimum Gasteiger partial charge on any atom is -0.396 e. The molecule has 0 amide bonds. The molecule has 1 aromatic carbocycles. The van der Waals surface area contributed by atoms with E-state index in [1.165, 1.54) is 0 Å². The monoisotopic (exact) mass is 452 g/mol. The number of rotatable bonds is 10. The van der Waals surface area contributed by atoms with E-state index >= 15 is 0 Å². The number of anilines is 1. The van der Waals surface area contributed by atoms with E-state index in [0.717, 1.165) is 46.3 Å². The number of imidazole rings is 1. The van der Waals surface area contributed by atoms with Crippen LogP contribution < -0.4 is 5.32 Å². The predicted molar refractivity (Wildman–Crippen MR) is 131 cm³/mol. The van der Waals surface area contributed by atoms with Crippen LogP contribution in [0.2, 0.25) is 25.7 Å². The largest absolute Gasteiger partial charge is 0.396 e. The number of benzene rings is 1. The van der Waals surface area contributed by atoms with Gasteiger partial charge in [0, 0.05) is 34.0 Å². The van der Waals surface area contributed by atoms with Gasteiger partial charge in [-0.3, -0.25) is 4.40 Å². The number of aliphatic hydroxyl groups is 1. The lowest BCUT2D eigenvalue weighted by Gasteiger charge is -2.16. The van der Waals surface area contributed by atoms with Crippen LogP contribution >= 0.6 is 0 Å². The van der Waals surface area contributed by atoms with E-state index in [-0.39, 0.29) is 6.61 Å². The number of aliphatic hydroxyl groups excluding tert-OH is 1. The summed E-state index contributed by atoms with van der Waals surface area (Å²) in [6, 6.07) is 9.36. The van der Waals surface area contributed by atoms with Crippen LogP contribution in [0, 0.1) is 6.92 Å². The van der Waals surface area contributed by atoms with E-state index in [1.54, 1.807) is 6.20 Å². The summed E-state index contributed by atoms with van der Waals surface area (Å²) in [5, 5.41) is 17.0. The molecule has 0 radical (unpaired) electrons. The molecule has 0 bridgehead atoms. The Morgan fingerprint density at radius 2 is 2.00 bits per heavy atom. The fraction of sp³-hybridized carbons (Fsp3) is 0.435. The third kappa shape index (κ3) is 4.84. The summed E-state index contributed by atoms with van der Waals surface area (Å²) in [5.74, 6) is 0.709. The zero-order valence-corrected chi connectivity index (χ0v) is 20.3. The molecule has 9 heteroatoms. The molecule has 32 heavy (non-hydrogen) atoms. The summed E-state index contributed by atoms with van der Waals surface area (Å²) < 4.78 is 9.96. The van der Waals surface area contributed by atoms with Crippen molar-refractivity contribution in [2.75, 3.05) is 25.1 Å². The minimum absolute atomic E-state index is 0.132. The van der Waals surface area contributed by atoms with Gasteiger partial charge in [0.1, 0.15) is 6.73 Å². The van der Waals surface area contributed by atoms with Gasteiger partial charge in [-0.1, -0.05) is 25.7 Å². The first-order chi connectivity index (χ1) is 15.4. The molecule has 0 aliphatic carbocycles. The smallest absolute Gasteiger partial charge is 0.181 e. The average Bonchev–Trinajstić information content (AvgIpc) is 3.37. The number of ether oxygens (including phenoxy) is 1. The average molecular weight is 453 g/mol. The molecule has 8 nitrogen and oxygen atoms in total. The van der Waals surface area contributed by atoms with Gasteiger partial charge >= 0.3 is 0 Å². The lowest BCUT2D eigenvalue weighted by atomic mass is 10.2. The Labute approximate surface area is 189 Å². The SMILES string of the molecule is Cc1ccc2c(c1)nc(NCCCO)c1ncc(-c3ccnn3COCC[Si](C)(C)C)n12. The van der Waals surface area contributed by atoms with Crippen molar-refractivity contribution in [3.63, 3.8) is 0 Å². The third-order valence-corrected chi connectivity index (χ3v) is 7.10. The third-order valence-electron chi connectivity index (χ3n) is 5.39. The van der Waals surface area contributed by atoms with Gasteiger partial charge in [-0.2, -0.15) is 5.10 Å². The van der Waals surface area contributed by atoms with Crippen molar-refractivity contribution in [2.24, 2.45) is 0 Å². The van der Waals surface area contributed by atoms with Crippen LogP contribution in [-0.2, 0) is 11.5 Å². The van der Waals surface area contributed by atoms with Crippen LogP contribution in [-0.4, -0.2) is 57.1 Å². The highest BCUT2D eigenvalue weighted by Crippen LogP contribution is 2.29. The number of hydrogen-bond donors (Lipinski definition) is 2. The van der Waals surface area contributed by atoms with Gasteiger partial charge in [0.25, 0.3) is 0 Å². The number of nitrogens with one attached hydrogen (secondary N) is 1. The van der Waals surface area contributed by atoms with Gasteiger partial charge in [-0.15, -0.1) is 0 Å². The summed E-state index contributed by atoms with van der Waals surface area (Å²) in [6.45, 7) is 11.0. The summed E-state index contributed by atoms with van der Waals surface area (Å²) in [5.41, 5.74) is 5.65. The van der Waals surface area contributed by atoms with Crippen molar-refractivity contribution in [1.29, 1.82) is 0 Å². The second kappa shape index (κ2) is 9.39. The van der Waals surface area contributed by atoms with Crippen LogP contribution in [0.15, 0.2) is 36.7 Å². The standard InChI is InChI=1S/C23H32N6O2Si/c1-17-6-7-19-18(14-17)27-22(24-9-5-11-30)23-25-15-21(29(19)23)20-8-10-26-28(20)16-31-12-13-32(2,3)4/h6-8,10,14-15,30H,5,9,11-13,16H2,1-4H3,(H,24,27). The second-order valence-electron chi connectivity index (χ2n) is 9.32. The van der Waals surface area contributed by atoms with Crippen molar-refractivity contribution < 1.29 is 9.84 Å². The number of nitrogens with zero attached hydrogens (tertiary/aromatic N) is 5. The van der Waals surface area contributed by atoms with Crippen molar-refractivity contribution in [3.05, 3.63) is 42.2 Å². The Morgan fingerprint density at radius 3 is 2.78 bits per heavy atom. The highest BCUT2D eigenvalue weighted by Gasteiger charge is 2.18. The van der Waals surface area contributed by atoms with Gasteiger partial charge in [0.2, 0.25) is 0 Å². The predicted octanol–water partition coefficient (Wildman–Crippen LogP) is 4.16. The van der Waals surface area contributed by atoms with Gasteiger partial charge in [-0.05, 0) is 43.2 Å². The summed E-state index contributed by atoms with van der Waals surface area (Å²) in [7, 11) is -1.14. The Hall–Kier alpha value is -2.75. The fourth-order valence-corrected chi connectivity index (χ4v) is 4.37. The first-order valence-electron chi connectivity index (χ1n) is 11.1. The van der Waals surface area contributed by atoms with Gasteiger partial charge < -0.3 is 15.2 Å². The fourth-order valence-electron chi connectivity index (χ4n) is 3.61. The molecule has 0 atom stereocenters. The number of fused-ring (bicyclic) bond motifs is 3. The highest BCUT2D eigenvalue weighted by molar-refractivity contribution is 6.76. The first-order valence-corrected chi connectivity index (χ1v) is 14.8. The van der Waals surface area contributed by atoms with E-state index in [4.69, 9.17) is 19.8 Å². The van der Waals surface area contributed by atoms with Crippen molar-refractivity contribution in [3.8, 4) is 11.4 Å². The van der Waals surface area contributed by atoms with Crippen LogP contribution in [0.1, 0.15) is 12.0 Å². The van der Waals surface area contributed by atoms with E-state index in [1.807, 2.05) is 16.9 Å². The summed E-state index contributed by atoms with van der Waals surface area (Å²) in [6.07, 6.45) is 4.31. The van der Waals surface area contributed by atoms with E-state index < -0.39 is 8.07 Å². The zero-order chi connectivity index (χ0) is 22.7. The second-order valence-corrected chi connectivity index (χ2v) is 14.9. The highest BCUT2D eigenvalue weighted by atomic mass is 28.3. The first kappa shape index (κ1) is 22.4. The Balaban J connectivity index is 1.73. The quantitative estimate of drug-likeness (QED) is 0.277. The number of hydrogen-bond acceptors (Lipinski definition) is 6.